The van der Waals surface area contributed by atoms with Crippen LogP contribution in [0.5, 0.6) is 11.5 Å². The molecule has 1 heterocycles. The number of carbonyl (C=O) groups excluding carboxylic acids is 1. The van der Waals surface area contributed by atoms with Gasteiger partial charge in [-0.15, -0.1) is 0 Å². The molecule has 1 aliphatic heterocycles. The van der Waals surface area contributed by atoms with Gasteiger partial charge in [-0.2, -0.15) is 5.26 Å². The van der Waals surface area contributed by atoms with Crippen LogP contribution in [0.2, 0.25) is 0 Å². The largest absolute Gasteiger partial charge is 0.493 e. The molecule has 0 bridgehead atoms. The fourth-order valence-electron chi connectivity index (χ4n) is 3.10. The minimum Gasteiger partial charge on any atom is -0.493 e. The lowest BCUT2D eigenvalue weighted by molar-refractivity contribution is -0.117. The first-order chi connectivity index (χ1) is 13.0. The number of amides is 1. The first-order valence-electron chi connectivity index (χ1n) is 8.97. The molecule has 1 aliphatic rings. The molecule has 146 valence electrons. The number of ether oxygens (including phenoxy) is 3. The predicted molar refractivity (Wildman–Crippen MR) is 102 cm³/mol. The first kappa shape index (κ1) is 20.6. The molecule has 0 aromatic heterocycles. The van der Waals surface area contributed by atoms with Crippen molar-refractivity contribution in [2.75, 3.05) is 33.9 Å². The van der Waals surface area contributed by atoms with E-state index in [1.54, 1.807) is 20.4 Å². The van der Waals surface area contributed by atoms with Crippen molar-refractivity contribution in [1.29, 1.82) is 5.26 Å². The van der Waals surface area contributed by atoms with Gasteiger partial charge < -0.3 is 24.4 Å². The van der Waals surface area contributed by atoms with E-state index in [1.807, 2.05) is 43.0 Å². The molecular weight excluding hydrogens is 346 g/mol. The van der Waals surface area contributed by atoms with Crippen molar-refractivity contribution in [2.24, 2.45) is 0 Å². The quantitative estimate of drug-likeness (QED) is 0.580. The Morgan fingerprint density at radius 3 is 2.56 bits per heavy atom. The Kier molecular flexibility index (Phi) is 7.50. The molecule has 1 N–H and O–H groups in total. The van der Waals surface area contributed by atoms with Crippen LogP contribution in [-0.4, -0.2) is 56.9 Å². The van der Waals surface area contributed by atoms with Crippen molar-refractivity contribution < 1.29 is 19.0 Å². The number of carbonyl (C=O) groups is 1. The number of rotatable bonds is 7. The summed E-state index contributed by atoms with van der Waals surface area (Å²) in [4.78, 5) is 14.3. The minimum absolute atomic E-state index is 0.0676. The summed E-state index contributed by atoms with van der Waals surface area (Å²) in [5.74, 6) is 0.938. The summed E-state index contributed by atoms with van der Waals surface area (Å²) in [6.07, 6.45) is 2.38. The molecular formula is C20H27N3O4. The monoisotopic (exact) mass is 373 g/mol. The highest BCUT2D eigenvalue weighted by atomic mass is 16.5. The van der Waals surface area contributed by atoms with Crippen molar-refractivity contribution >= 4 is 5.91 Å². The Labute approximate surface area is 160 Å². The lowest BCUT2D eigenvalue weighted by Crippen LogP contribution is -2.43. The maximum atomic E-state index is 12.3. The van der Waals surface area contributed by atoms with E-state index in [0.717, 1.165) is 5.56 Å². The average molecular weight is 373 g/mol. The van der Waals surface area contributed by atoms with Gasteiger partial charge in [-0.05, 0) is 38.0 Å². The van der Waals surface area contributed by atoms with Crippen molar-refractivity contribution in [1.82, 2.24) is 10.2 Å². The maximum absolute atomic E-state index is 12.3. The summed E-state index contributed by atoms with van der Waals surface area (Å²) in [7, 11) is 3.17. The average Bonchev–Trinajstić information content (AvgIpc) is 2.65. The van der Waals surface area contributed by atoms with E-state index in [4.69, 9.17) is 14.2 Å². The van der Waals surface area contributed by atoms with Gasteiger partial charge in [0.25, 0.3) is 5.91 Å². The van der Waals surface area contributed by atoms with Gasteiger partial charge in [-0.25, -0.2) is 0 Å². The second-order valence-electron chi connectivity index (χ2n) is 6.56. The predicted octanol–water partition coefficient (Wildman–Crippen LogP) is 1.88. The second-order valence-corrected chi connectivity index (χ2v) is 6.56. The third-order valence-corrected chi connectivity index (χ3v) is 4.27. The molecule has 1 aromatic rings. The highest BCUT2D eigenvalue weighted by molar-refractivity contribution is 5.97. The van der Waals surface area contributed by atoms with Gasteiger partial charge in [-0.3, -0.25) is 4.79 Å². The molecule has 7 nitrogen and oxygen atoms in total. The molecule has 1 fully saturated rings. The van der Waals surface area contributed by atoms with Gasteiger partial charge in [0.2, 0.25) is 0 Å². The number of methoxy groups -OCH3 is 2. The number of hydrogen-bond acceptors (Lipinski definition) is 6. The molecule has 1 amide bonds. The van der Waals surface area contributed by atoms with Crippen LogP contribution in [-0.2, 0) is 16.0 Å². The Hall–Kier alpha value is -2.72. The van der Waals surface area contributed by atoms with Crippen LogP contribution in [0.1, 0.15) is 19.4 Å². The van der Waals surface area contributed by atoms with Gasteiger partial charge in [0, 0.05) is 25.8 Å². The fourth-order valence-corrected chi connectivity index (χ4v) is 3.10. The van der Waals surface area contributed by atoms with E-state index < -0.39 is 0 Å². The SMILES string of the molecule is COc1ccc(CCNC(=O)/C(C#N)=C\N2CC(C)OC(C)C2)cc1OC. The zero-order chi connectivity index (χ0) is 19.8. The summed E-state index contributed by atoms with van der Waals surface area (Å²) >= 11 is 0. The van der Waals surface area contributed by atoms with Gasteiger partial charge in [0.05, 0.1) is 26.4 Å². The Morgan fingerprint density at radius 1 is 1.30 bits per heavy atom. The van der Waals surface area contributed by atoms with E-state index in [9.17, 15) is 10.1 Å². The molecule has 7 heteroatoms. The molecule has 2 rings (SSSR count). The summed E-state index contributed by atoms with van der Waals surface area (Å²) in [5, 5.41) is 12.1. The molecule has 1 aromatic carbocycles. The van der Waals surface area contributed by atoms with Gasteiger partial charge in [0.1, 0.15) is 11.6 Å². The number of benzene rings is 1. The van der Waals surface area contributed by atoms with Gasteiger partial charge in [-0.1, -0.05) is 6.07 Å². The number of nitrogens with one attached hydrogen (secondary N) is 1. The van der Waals surface area contributed by atoms with Crippen molar-refractivity contribution in [2.45, 2.75) is 32.5 Å². The highest BCUT2D eigenvalue weighted by Gasteiger charge is 2.21. The minimum atomic E-state index is -0.371. The van der Waals surface area contributed by atoms with Crippen LogP contribution < -0.4 is 14.8 Å². The summed E-state index contributed by atoms with van der Waals surface area (Å²) in [5.41, 5.74) is 1.11. The number of morpholine rings is 1. The second kappa shape index (κ2) is 9.83. The maximum Gasteiger partial charge on any atom is 0.263 e. The van der Waals surface area contributed by atoms with Crippen molar-refractivity contribution in [3.05, 3.63) is 35.5 Å². The number of nitrogens with zero attached hydrogens (tertiary/aromatic N) is 2. The molecule has 1 saturated heterocycles. The summed E-state index contributed by atoms with van der Waals surface area (Å²) in [6, 6.07) is 7.62. The van der Waals surface area contributed by atoms with E-state index in [-0.39, 0.29) is 23.7 Å². The van der Waals surface area contributed by atoms with Gasteiger partial charge >= 0.3 is 0 Å². The van der Waals surface area contributed by atoms with E-state index in [0.29, 0.717) is 37.6 Å². The molecule has 0 saturated carbocycles. The van der Waals surface area contributed by atoms with Crippen LogP contribution in [0.4, 0.5) is 0 Å². The molecule has 2 atom stereocenters. The highest BCUT2D eigenvalue weighted by Crippen LogP contribution is 2.27. The van der Waals surface area contributed by atoms with Crippen molar-refractivity contribution in [3.63, 3.8) is 0 Å². The zero-order valence-corrected chi connectivity index (χ0v) is 16.3. The number of hydrogen-bond donors (Lipinski definition) is 1. The van der Waals surface area contributed by atoms with Gasteiger partial charge in [0.15, 0.2) is 11.5 Å². The fraction of sp³-hybridized carbons (Fsp3) is 0.500. The Bertz CT molecular complexity index is 716. The normalized spacial score (nSPS) is 20.0. The lowest BCUT2D eigenvalue weighted by atomic mass is 10.1. The van der Waals surface area contributed by atoms with Crippen LogP contribution in [0.3, 0.4) is 0 Å². The van der Waals surface area contributed by atoms with E-state index >= 15 is 0 Å². The van der Waals surface area contributed by atoms with Crippen molar-refractivity contribution in [3.8, 4) is 17.6 Å². The third kappa shape index (κ3) is 5.90. The van der Waals surface area contributed by atoms with Crippen LogP contribution in [0.15, 0.2) is 30.0 Å². The van der Waals surface area contributed by atoms with Crippen LogP contribution in [0.25, 0.3) is 0 Å². The molecule has 0 radical (unpaired) electrons. The molecule has 2 unspecified atom stereocenters. The Balaban J connectivity index is 1.92. The molecule has 0 aliphatic carbocycles. The zero-order valence-electron chi connectivity index (χ0n) is 16.3. The van der Waals surface area contributed by atoms with Crippen LogP contribution >= 0.6 is 0 Å². The number of nitriles is 1. The summed E-state index contributed by atoms with van der Waals surface area (Å²) < 4.78 is 16.2. The lowest BCUT2D eigenvalue weighted by Gasteiger charge is -2.34. The van der Waals surface area contributed by atoms with E-state index in [1.165, 1.54) is 0 Å². The molecule has 0 spiro atoms. The molecule has 27 heavy (non-hydrogen) atoms. The Morgan fingerprint density at radius 2 is 1.96 bits per heavy atom. The van der Waals surface area contributed by atoms with E-state index in [2.05, 4.69) is 5.32 Å². The van der Waals surface area contributed by atoms with Crippen LogP contribution in [0, 0.1) is 11.3 Å². The smallest absolute Gasteiger partial charge is 0.263 e. The third-order valence-electron chi connectivity index (χ3n) is 4.27. The first-order valence-corrected chi connectivity index (χ1v) is 8.97. The summed E-state index contributed by atoms with van der Waals surface area (Å²) in [6.45, 7) is 5.70. The topological polar surface area (TPSA) is 83.8 Å². The standard InChI is InChI=1S/C20H27N3O4/c1-14-11-23(12-15(2)27-14)13-17(10-21)20(24)22-8-7-16-5-6-18(25-3)19(9-16)26-4/h5-6,9,13-15H,7-8,11-12H2,1-4H3,(H,22,24)/b17-13-.